The molecule has 0 bridgehead atoms. The van der Waals surface area contributed by atoms with Gasteiger partial charge in [0.05, 0.1) is 12.8 Å². The van der Waals surface area contributed by atoms with E-state index in [1.807, 2.05) is 0 Å². The smallest absolute Gasteiger partial charge is 0.362 e. The fraction of sp³-hybridized carbons (Fsp3) is 0.0833. The van der Waals surface area contributed by atoms with E-state index in [-0.39, 0.29) is 5.69 Å². The van der Waals surface area contributed by atoms with Gasteiger partial charge in [-0.3, -0.25) is 0 Å². The number of hydrogen-bond acceptors (Lipinski definition) is 6. The second-order valence-electron chi connectivity index (χ2n) is 3.39. The molecule has 92 valence electrons. The van der Waals surface area contributed by atoms with Gasteiger partial charge in [-0.25, -0.2) is 14.8 Å². The van der Waals surface area contributed by atoms with Gasteiger partial charge in [-0.1, -0.05) is 0 Å². The summed E-state index contributed by atoms with van der Waals surface area (Å²) in [7, 11) is 1.51. The van der Waals surface area contributed by atoms with E-state index in [1.165, 1.54) is 31.8 Å². The summed E-state index contributed by atoms with van der Waals surface area (Å²) in [5.41, 5.74) is 6.28. The Morgan fingerprint density at radius 2 is 2.17 bits per heavy atom. The molecule has 18 heavy (non-hydrogen) atoms. The summed E-state index contributed by atoms with van der Waals surface area (Å²) in [6.45, 7) is 0. The average Bonchev–Trinajstić information content (AvgIpc) is 2.40. The molecule has 0 radical (unpaired) electrons. The summed E-state index contributed by atoms with van der Waals surface area (Å²) in [5.74, 6) is 0.288. The van der Waals surface area contributed by atoms with Crippen molar-refractivity contribution < 1.29 is 14.3 Å². The zero-order valence-electron chi connectivity index (χ0n) is 9.66. The van der Waals surface area contributed by atoms with E-state index in [1.54, 1.807) is 12.1 Å². The molecule has 2 aromatic rings. The number of nitrogen functional groups attached to an aromatic ring is 1. The van der Waals surface area contributed by atoms with Crippen molar-refractivity contribution in [2.45, 2.75) is 0 Å². The van der Waals surface area contributed by atoms with E-state index in [4.69, 9.17) is 15.2 Å². The van der Waals surface area contributed by atoms with Crippen molar-refractivity contribution in [2.75, 3.05) is 12.8 Å². The number of carbonyl (C=O) groups is 1. The maximum atomic E-state index is 11.7. The van der Waals surface area contributed by atoms with Crippen LogP contribution in [0.3, 0.4) is 0 Å². The molecule has 0 fully saturated rings. The molecule has 0 spiro atoms. The number of ether oxygens (including phenoxy) is 2. The van der Waals surface area contributed by atoms with Crippen molar-refractivity contribution in [3.8, 4) is 11.5 Å². The normalized spacial score (nSPS) is 9.83. The number of esters is 1. The molecule has 0 saturated heterocycles. The summed E-state index contributed by atoms with van der Waals surface area (Å²) >= 11 is 0. The summed E-state index contributed by atoms with van der Waals surface area (Å²) < 4.78 is 10.1. The van der Waals surface area contributed by atoms with Crippen LogP contribution in [0.4, 0.5) is 5.69 Å². The molecule has 0 saturated carbocycles. The molecule has 1 aromatic heterocycles. The SMILES string of the molecule is COc1ccc(OC(=O)c2ccncn2)cc1N. The number of rotatable bonds is 3. The largest absolute Gasteiger partial charge is 0.495 e. The first-order valence-electron chi connectivity index (χ1n) is 5.12. The minimum absolute atomic E-state index is 0.180. The molecule has 0 aliphatic rings. The Hall–Kier alpha value is -2.63. The van der Waals surface area contributed by atoms with Crippen LogP contribution in [0.5, 0.6) is 11.5 Å². The summed E-state index contributed by atoms with van der Waals surface area (Å²) in [5, 5.41) is 0. The maximum Gasteiger partial charge on any atom is 0.362 e. The highest BCUT2D eigenvalue weighted by molar-refractivity contribution is 5.88. The molecule has 0 aliphatic heterocycles. The van der Waals surface area contributed by atoms with E-state index in [9.17, 15) is 4.79 Å². The number of anilines is 1. The highest BCUT2D eigenvalue weighted by Crippen LogP contribution is 2.26. The maximum absolute atomic E-state index is 11.7. The topological polar surface area (TPSA) is 87.3 Å². The molecular formula is C12H11N3O3. The summed E-state index contributed by atoms with van der Waals surface area (Å²) in [6.07, 6.45) is 2.74. The standard InChI is InChI=1S/C12H11N3O3/c1-17-11-3-2-8(6-9(11)13)18-12(16)10-4-5-14-7-15-10/h2-7H,13H2,1H3. The number of nitrogens with two attached hydrogens (primary N) is 1. The lowest BCUT2D eigenvalue weighted by Gasteiger charge is -2.07. The second kappa shape index (κ2) is 5.13. The lowest BCUT2D eigenvalue weighted by atomic mass is 10.3. The van der Waals surface area contributed by atoms with Gasteiger partial charge in [0.15, 0.2) is 5.69 Å². The van der Waals surface area contributed by atoms with E-state index in [2.05, 4.69) is 9.97 Å². The number of benzene rings is 1. The Kier molecular flexibility index (Phi) is 3.38. The zero-order chi connectivity index (χ0) is 13.0. The molecular weight excluding hydrogens is 234 g/mol. The third-order valence-corrected chi connectivity index (χ3v) is 2.20. The van der Waals surface area contributed by atoms with Crippen molar-refractivity contribution in [3.63, 3.8) is 0 Å². The first-order chi connectivity index (χ1) is 8.70. The van der Waals surface area contributed by atoms with E-state index in [0.29, 0.717) is 17.2 Å². The van der Waals surface area contributed by atoms with E-state index < -0.39 is 5.97 Å². The minimum atomic E-state index is -0.568. The fourth-order valence-electron chi connectivity index (χ4n) is 1.35. The lowest BCUT2D eigenvalue weighted by molar-refractivity contribution is 0.0728. The number of nitrogens with zero attached hydrogens (tertiary/aromatic N) is 2. The van der Waals surface area contributed by atoms with Crippen LogP contribution >= 0.6 is 0 Å². The molecule has 1 heterocycles. The predicted molar refractivity (Wildman–Crippen MR) is 64.4 cm³/mol. The van der Waals surface area contributed by atoms with Gasteiger partial charge in [0, 0.05) is 12.3 Å². The average molecular weight is 245 g/mol. The Balaban J connectivity index is 2.15. The fourth-order valence-corrected chi connectivity index (χ4v) is 1.35. The van der Waals surface area contributed by atoms with Crippen LogP contribution in [0.2, 0.25) is 0 Å². The molecule has 1 aromatic carbocycles. The van der Waals surface area contributed by atoms with Crippen molar-refractivity contribution >= 4 is 11.7 Å². The van der Waals surface area contributed by atoms with Crippen LogP contribution in [-0.2, 0) is 0 Å². The number of methoxy groups -OCH3 is 1. The highest BCUT2D eigenvalue weighted by Gasteiger charge is 2.10. The Bertz CT molecular complexity index is 558. The quantitative estimate of drug-likeness (QED) is 0.498. The first kappa shape index (κ1) is 11.8. The molecule has 2 N–H and O–H groups in total. The van der Waals surface area contributed by atoms with Gasteiger partial charge in [0.2, 0.25) is 0 Å². The van der Waals surface area contributed by atoms with Crippen LogP contribution < -0.4 is 15.2 Å². The summed E-state index contributed by atoms with van der Waals surface area (Å²) in [6, 6.07) is 6.19. The molecule has 0 amide bonds. The van der Waals surface area contributed by atoms with Gasteiger partial charge >= 0.3 is 5.97 Å². The minimum Gasteiger partial charge on any atom is -0.495 e. The highest BCUT2D eigenvalue weighted by atomic mass is 16.5. The van der Waals surface area contributed by atoms with Crippen LogP contribution in [0.25, 0.3) is 0 Å². The molecule has 2 rings (SSSR count). The molecule has 0 aliphatic carbocycles. The molecule has 0 atom stereocenters. The number of hydrogen-bond donors (Lipinski definition) is 1. The summed E-state index contributed by atoms with van der Waals surface area (Å²) in [4.78, 5) is 19.2. The van der Waals surface area contributed by atoms with Gasteiger partial charge < -0.3 is 15.2 Å². The Morgan fingerprint density at radius 1 is 1.33 bits per heavy atom. The molecule has 6 nitrogen and oxygen atoms in total. The van der Waals surface area contributed by atoms with Crippen LogP contribution in [0, 0.1) is 0 Å². The van der Waals surface area contributed by atoms with Crippen molar-refractivity contribution in [1.29, 1.82) is 0 Å². The van der Waals surface area contributed by atoms with Gasteiger partial charge in [-0.2, -0.15) is 0 Å². The monoisotopic (exact) mass is 245 g/mol. The van der Waals surface area contributed by atoms with Crippen molar-refractivity contribution in [2.24, 2.45) is 0 Å². The lowest BCUT2D eigenvalue weighted by Crippen LogP contribution is -2.10. The Labute approximate surface area is 103 Å². The van der Waals surface area contributed by atoms with Crippen LogP contribution in [0.1, 0.15) is 10.5 Å². The van der Waals surface area contributed by atoms with Crippen LogP contribution in [-0.4, -0.2) is 23.0 Å². The van der Waals surface area contributed by atoms with Gasteiger partial charge in [-0.05, 0) is 18.2 Å². The predicted octanol–water partition coefficient (Wildman–Crippen LogP) is 1.29. The Morgan fingerprint density at radius 3 is 2.78 bits per heavy atom. The zero-order valence-corrected chi connectivity index (χ0v) is 9.66. The third kappa shape index (κ3) is 2.54. The second-order valence-corrected chi connectivity index (χ2v) is 3.39. The van der Waals surface area contributed by atoms with Crippen molar-refractivity contribution in [3.05, 3.63) is 42.5 Å². The van der Waals surface area contributed by atoms with E-state index in [0.717, 1.165) is 0 Å². The van der Waals surface area contributed by atoms with Crippen molar-refractivity contribution in [1.82, 2.24) is 9.97 Å². The van der Waals surface area contributed by atoms with Gasteiger partial charge in [-0.15, -0.1) is 0 Å². The van der Waals surface area contributed by atoms with Gasteiger partial charge in [0.25, 0.3) is 0 Å². The van der Waals surface area contributed by atoms with Gasteiger partial charge in [0.1, 0.15) is 17.8 Å². The van der Waals surface area contributed by atoms with E-state index >= 15 is 0 Å². The molecule has 0 unspecified atom stereocenters. The number of carbonyl (C=O) groups excluding carboxylic acids is 1. The number of aromatic nitrogens is 2. The molecule has 6 heteroatoms. The van der Waals surface area contributed by atoms with Crippen LogP contribution in [0.15, 0.2) is 36.8 Å². The third-order valence-electron chi connectivity index (χ3n) is 2.20. The first-order valence-corrected chi connectivity index (χ1v) is 5.12.